The SMILES string of the molecule is O=C(C1CCCN(c2nccn3nc(C4CC4)cc23)C1)N1CCOCC1. The molecule has 0 bridgehead atoms. The fraction of sp³-hybridized carbons (Fsp3) is 0.632. The predicted octanol–water partition coefficient (Wildman–Crippen LogP) is 1.68. The van der Waals surface area contributed by atoms with Crippen LogP contribution in [0, 0.1) is 5.92 Å². The molecule has 3 aliphatic rings. The second kappa shape index (κ2) is 6.54. The Morgan fingerprint density at radius 3 is 2.81 bits per heavy atom. The van der Waals surface area contributed by atoms with Crippen LogP contribution >= 0.6 is 0 Å². The highest BCUT2D eigenvalue weighted by Gasteiger charge is 2.32. The van der Waals surface area contributed by atoms with Gasteiger partial charge in [-0.15, -0.1) is 0 Å². The molecule has 3 fully saturated rings. The third kappa shape index (κ3) is 2.94. The van der Waals surface area contributed by atoms with Gasteiger partial charge in [0.05, 0.1) is 24.8 Å². The van der Waals surface area contributed by atoms with Crippen LogP contribution in [0.1, 0.15) is 37.3 Å². The van der Waals surface area contributed by atoms with Crippen LogP contribution < -0.4 is 4.90 Å². The summed E-state index contributed by atoms with van der Waals surface area (Å²) >= 11 is 0. The number of fused-ring (bicyclic) bond motifs is 1. The first-order valence-electron chi connectivity index (χ1n) is 9.75. The fourth-order valence-corrected chi connectivity index (χ4v) is 4.16. The molecule has 2 saturated heterocycles. The molecule has 7 heteroatoms. The lowest BCUT2D eigenvalue weighted by atomic mass is 9.96. The molecule has 0 radical (unpaired) electrons. The van der Waals surface area contributed by atoms with Crippen LogP contribution in [-0.4, -0.2) is 64.8 Å². The molecular weight excluding hydrogens is 330 g/mol. The summed E-state index contributed by atoms with van der Waals surface area (Å²) in [6, 6.07) is 2.19. The number of hydrogen-bond acceptors (Lipinski definition) is 5. The van der Waals surface area contributed by atoms with E-state index in [0.29, 0.717) is 19.1 Å². The Balaban J connectivity index is 1.38. The van der Waals surface area contributed by atoms with E-state index >= 15 is 0 Å². The maximum absolute atomic E-state index is 12.9. The van der Waals surface area contributed by atoms with Crippen molar-refractivity contribution in [3.05, 3.63) is 24.2 Å². The second-order valence-electron chi connectivity index (χ2n) is 7.65. The van der Waals surface area contributed by atoms with E-state index in [1.54, 1.807) is 0 Å². The van der Waals surface area contributed by atoms with Crippen LogP contribution in [-0.2, 0) is 9.53 Å². The van der Waals surface area contributed by atoms with Crippen LogP contribution in [0.25, 0.3) is 5.52 Å². The van der Waals surface area contributed by atoms with E-state index in [9.17, 15) is 4.79 Å². The van der Waals surface area contributed by atoms with Gasteiger partial charge in [0.15, 0.2) is 5.82 Å². The fourth-order valence-electron chi connectivity index (χ4n) is 4.16. The van der Waals surface area contributed by atoms with Gasteiger partial charge in [0.2, 0.25) is 5.91 Å². The van der Waals surface area contributed by atoms with Gasteiger partial charge in [0.1, 0.15) is 5.52 Å². The third-order valence-electron chi connectivity index (χ3n) is 5.78. The van der Waals surface area contributed by atoms with Gasteiger partial charge in [0.25, 0.3) is 0 Å². The zero-order valence-corrected chi connectivity index (χ0v) is 15.0. The summed E-state index contributed by atoms with van der Waals surface area (Å²) in [7, 11) is 0. The van der Waals surface area contributed by atoms with E-state index in [4.69, 9.17) is 9.84 Å². The number of hydrogen-bond donors (Lipinski definition) is 0. The molecule has 26 heavy (non-hydrogen) atoms. The number of anilines is 1. The number of rotatable bonds is 3. The molecule has 1 atom stereocenters. The van der Waals surface area contributed by atoms with Gasteiger partial charge in [-0.2, -0.15) is 5.10 Å². The molecule has 5 rings (SSSR count). The van der Waals surface area contributed by atoms with E-state index in [0.717, 1.165) is 50.4 Å². The van der Waals surface area contributed by atoms with Gasteiger partial charge < -0.3 is 14.5 Å². The number of ether oxygens (including phenoxy) is 1. The highest BCUT2D eigenvalue weighted by molar-refractivity contribution is 5.80. The molecule has 1 amide bonds. The number of morpholine rings is 1. The standard InChI is InChI=1S/C19H25N5O2/c25-19(22-8-10-26-11-9-22)15-2-1-6-23(13-15)18-17-12-16(14-3-4-14)21-24(17)7-5-20-18/h5,7,12,14-15H,1-4,6,8-11,13H2. The van der Waals surface area contributed by atoms with Crippen LogP contribution in [0.3, 0.4) is 0 Å². The van der Waals surface area contributed by atoms with Crippen molar-refractivity contribution in [1.82, 2.24) is 19.5 Å². The lowest BCUT2D eigenvalue weighted by molar-refractivity contribution is -0.139. The summed E-state index contributed by atoms with van der Waals surface area (Å²) in [6.07, 6.45) is 8.21. The smallest absolute Gasteiger partial charge is 0.227 e. The molecule has 4 heterocycles. The molecule has 7 nitrogen and oxygen atoms in total. The lowest BCUT2D eigenvalue weighted by Crippen LogP contribution is -2.48. The Bertz CT molecular complexity index is 809. The normalized spacial score (nSPS) is 24.2. The van der Waals surface area contributed by atoms with Crippen LogP contribution in [0.4, 0.5) is 5.82 Å². The quantitative estimate of drug-likeness (QED) is 0.838. The minimum absolute atomic E-state index is 0.0507. The molecule has 0 aromatic carbocycles. The van der Waals surface area contributed by atoms with Gasteiger partial charge in [-0.25, -0.2) is 9.50 Å². The van der Waals surface area contributed by atoms with Gasteiger partial charge >= 0.3 is 0 Å². The minimum Gasteiger partial charge on any atom is -0.378 e. The van der Waals surface area contributed by atoms with E-state index in [2.05, 4.69) is 16.0 Å². The van der Waals surface area contributed by atoms with Crippen molar-refractivity contribution >= 4 is 17.2 Å². The van der Waals surface area contributed by atoms with Crippen LogP contribution in [0.2, 0.25) is 0 Å². The van der Waals surface area contributed by atoms with Crippen molar-refractivity contribution in [3.8, 4) is 0 Å². The molecule has 138 valence electrons. The number of nitrogens with zero attached hydrogens (tertiary/aromatic N) is 5. The van der Waals surface area contributed by atoms with Crippen molar-refractivity contribution in [2.24, 2.45) is 5.92 Å². The minimum atomic E-state index is 0.0507. The zero-order valence-electron chi connectivity index (χ0n) is 15.0. The van der Waals surface area contributed by atoms with Crippen molar-refractivity contribution < 1.29 is 9.53 Å². The Hall–Kier alpha value is -2.15. The summed E-state index contributed by atoms with van der Waals surface area (Å²) in [5.74, 6) is 1.91. The number of piperidine rings is 1. The zero-order chi connectivity index (χ0) is 17.5. The summed E-state index contributed by atoms with van der Waals surface area (Å²) in [4.78, 5) is 21.8. The maximum Gasteiger partial charge on any atom is 0.227 e. The number of carbonyl (C=O) groups excluding carboxylic acids is 1. The first kappa shape index (κ1) is 16.1. The third-order valence-corrected chi connectivity index (χ3v) is 5.78. The number of carbonyl (C=O) groups is 1. The highest BCUT2D eigenvalue weighted by Crippen LogP contribution is 2.40. The monoisotopic (exact) mass is 355 g/mol. The summed E-state index contributed by atoms with van der Waals surface area (Å²) in [5.41, 5.74) is 2.24. The highest BCUT2D eigenvalue weighted by atomic mass is 16.5. The van der Waals surface area contributed by atoms with Gasteiger partial charge in [-0.1, -0.05) is 0 Å². The topological polar surface area (TPSA) is 63.0 Å². The van der Waals surface area contributed by atoms with E-state index in [1.165, 1.54) is 18.5 Å². The average Bonchev–Trinajstić information content (AvgIpc) is 3.46. The Labute approximate surface area is 152 Å². The number of amides is 1. The summed E-state index contributed by atoms with van der Waals surface area (Å²) in [6.45, 7) is 4.44. The van der Waals surface area contributed by atoms with Crippen molar-refractivity contribution in [3.63, 3.8) is 0 Å². The van der Waals surface area contributed by atoms with Gasteiger partial charge in [-0.3, -0.25) is 4.79 Å². The molecule has 2 aromatic rings. The van der Waals surface area contributed by atoms with Crippen LogP contribution in [0.15, 0.2) is 18.5 Å². The maximum atomic E-state index is 12.9. The molecule has 0 N–H and O–H groups in total. The summed E-state index contributed by atoms with van der Waals surface area (Å²) < 4.78 is 7.33. The van der Waals surface area contributed by atoms with E-state index in [-0.39, 0.29) is 11.8 Å². The Kier molecular flexibility index (Phi) is 4.04. The largest absolute Gasteiger partial charge is 0.378 e. The number of aromatic nitrogens is 3. The van der Waals surface area contributed by atoms with E-state index in [1.807, 2.05) is 21.8 Å². The lowest BCUT2D eigenvalue weighted by Gasteiger charge is -2.36. The van der Waals surface area contributed by atoms with Crippen molar-refractivity contribution in [2.75, 3.05) is 44.3 Å². The average molecular weight is 355 g/mol. The molecule has 1 saturated carbocycles. The van der Waals surface area contributed by atoms with Gasteiger partial charge in [0, 0.05) is 44.5 Å². The Morgan fingerprint density at radius 2 is 2.00 bits per heavy atom. The molecule has 1 unspecified atom stereocenters. The molecule has 2 aromatic heterocycles. The molecular formula is C19H25N5O2. The predicted molar refractivity (Wildman–Crippen MR) is 97.3 cm³/mol. The molecule has 0 spiro atoms. The molecule has 2 aliphatic heterocycles. The Morgan fingerprint density at radius 1 is 1.15 bits per heavy atom. The van der Waals surface area contributed by atoms with E-state index < -0.39 is 0 Å². The van der Waals surface area contributed by atoms with Crippen LogP contribution in [0.5, 0.6) is 0 Å². The molecule has 1 aliphatic carbocycles. The van der Waals surface area contributed by atoms with Gasteiger partial charge in [-0.05, 0) is 31.7 Å². The van der Waals surface area contributed by atoms with Crippen molar-refractivity contribution in [1.29, 1.82) is 0 Å². The summed E-state index contributed by atoms with van der Waals surface area (Å²) in [5, 5.41) is 4.72. The van der Waals surface area contributed by atoms with Crippen molar-refractivity contribution in [2.45, 2.75) is 31.6 Å². The second-order valence-corrected chi connectivity index (χ2v) is 7.65. The first-order chi connectivity index (χ1) is 12.8. The first-order valence-corrected chi connectivity index (χ1v) is 9.75.